The second kappa shape index (κ2) is 3.96. The lowest BCUT2D eigenvalue weighted by molar-refractivity contribution is 0.456. The average Bonchev–Trinajstić information content (AvgIpc) is 2.22. The van der Waals surface area contributed by atoms with Crippen molar-refractivity contribution in [1.29, 1.82) is 0 Å². The van der Waals surface area contributed by atoms with E-state index in [-0.39, 0.29) is 0 Å². The van der Waals surface area contributed by atoms with Crippen molar-refractivity contribution in [2.24, 2.45) is 0 Å². The average molecular weight is 201 g/mol. The third kappa shape index (κ3) is 2.22. The summed E-state index contributed by atoms with van der Waals surface area (Å²) in [5, 5.41) is 7.64. The number of aryl methyl sites for hydroxylation is 1. The minimum atomic E-state index is 0.452. The fourth-order valence-electron chi connectivity index (χ4n) is 1.17. The molecule has 0 aliphatic rings. The Hall–Kier alpha value is -2.10. The van der Waals surface area contributed by atoms with Crippen LogP contribution < -0.4 is 10.5 Å². The molecule has 0 aliphatic heterocycles. The van der Waals surface area contributed by atoms with Crippen LogP contribution in [0.25, 0.3) is 0 Å². The standard InChI is InChI=1S/C11H11N3O/c1-8-6-11(14-13-7-8)15-10-5-3-2-4-9(10)12/h2-7H,12H2,1H3. The van der Waals surface area contributed by atoms with Crippen LogP contribution in [0.3, 0.4) is 0 Å². The van der Waals surface area contributed by atoms with Gasteiger partial charge in [-0.2, -0.15) is 5.10 Å². The largest absolute Gasteiger partial charge is 0.435 e. The van der Waals surface area contributed by atoms with Gasteiger partial charge in [0.2, 0.25) is 5.88 Å². The Kier molecular flexibility index (Phi) is 2.49. The molecule has 1 aromatic heterocycles. The first kappa shape index (κ1) is 9.45. The third-order valence-electron chi connectivity index (χ3n) is 1.90. The van der Waals surface area contributed by atoms with Gasteiger partial charge >= 0.3 is 0 Å². The molecule has 4 nitrogen and oxygen atoms in total. The van der Waals surface area contributed by atoms with Crippen molar-refractivity contribution in [3.63, 3.8) is 0 Å². The Morgan fingerprint density at radius 2 is 2.07 bits per heavy atom. The molecule has 0 spiro atoms. The molecule has 0 atom stereocenters. The highest BCUT2D eigenvalue weighted by Gasteiger charge is 2.02. The summed E-state index contributed by atoms with van der Waals surface area (Å²) in [5.41, 5.74) is 7.31. The molecule has 0 amide bonds. The molecule has 4 heteroatoms. The molecule has 2 rings (SSSR count). The van der Waals surface area contributed by atoms with Gasteiger partial charge in [0.25, 0.3) is 0 Å². The number of hydrogen-bond acceptors (Lipinski definition) is 4. The van der Waals surface area contributed by atoms with Crippen molar-refractivity contribution >= 4 is 5.69 Å². The van der Waals surface area contributed by atoms with E-state index < -0.39 is 0 Å². The van der Waals surface area contributed by atoms with Gasteiger partial charge in [-0.15, -0.1) is 5.10 Å². The second-order valence-electron chi connectivity index (χ2n) is 3.21. The molecule has 0 saturated carbocycles. The van der Waals surface area contributed by atoms with Crippen LogP contribution in [0.5, 0.6) is 11.6 Å². The lowest BCUT2D eigenvalue weighted by Gasteiger charge is -2.06. The van der Waals surface area contributed by atoms with Gasteiger partial charge in [0.1, 0.15) is 0 Å². The van der Waals surface area contributed by atoms with Gasteiger partial charge in [-0.1, -0.05) is 12.1 Å². The molecule has 15 heavy (non-hydrogen) atoms. The first-order chi connectivity index (χ1) is 7.25. The van der Waals surface area contributed by atoms with Crippen molar-refractivity contribution < 1.29 is 4.74 Å². The molecule has 0 unspecified atom stereocenters. The number of hydrogen-bond donors (Lipinski definition) is 1. The maximum absolute atomic E-state index is 5.73. The van der Waals surface area contributed by atoms with E-state index in [2.05, 4.69) is 10.2 Å². The fraction of sp³-hybridized carbons (Fsp3) is 0.0909. The normalized spacial score (nSPS) is 9.93. The number of benzene rings is 1. The van der Waals surface area contributed by atoms with Gasteiger partial charge in [-0.25, -0.2) is 0 Å². The number of aromatic nitrogens is 2. The lowest BCUT2D eigenvalue weighted by atomic mass is 10.3. The smallest absolute Gasteiger partial charge is 0.239 e. The van der Waals surface area contributed by atoms with E-state index in [1.54, 1.807) is 24.4 Å². The molecule has 2 N–H and O–H groups in total. The highest BCUT2D eigenvalue weighted by Crippen LogP contribution is 2.25. The Balaban J connectivity index is 2.26. The first-order valence-electron chi connectivity index (χ1n) is 4.57. The quantitative estimate of drug-likeness (QED) is 0.756. The van der Waals surface area contributed by atoms with Crippen LogP contribution in [0.1, 0.15) is 5.56 Å². The summed E-state index contributed by atoms with van der Waals surface area (Å²) in [4.78, 5) is 0. The summed E-state index contributed by atoms with van der Waals surface area (Å²) in [5.74, 6) is 1.05. The summed E-state index contributed by atoms with van der Waals surface area (Å²) >= 11 is 0. The SMILES string of the molecule is Cc1cnnc(Oc2ccccc2N)c1. The molecule has 0 bridgehead atoms. The van der Waals surface area contributed by atoms with Gasteiger partial charge in [-0.3, -0.25) is 0 Å². The monoisotopic (exact) mass is 201 g/mol. The molecular formula is C11H11N3O. The Bertz CT molecular complexity index is 471. The van der Waals surface area contributed by atoms with Crippen molar-refractivity contribution in [3.8, 4) is 11.6 Å². The van der Waals surface area contributed by atoms with E-state index in [1.165, 1.54) is 0 Å². The van der Waals surface area contributed by atoms with E-state index in [4.69, 9.17) is 10.5 Å². The van der Waals surface area contributed by atoms with Crippen LogP contribution in [-0.4, -0.2) is 10.2 Å². The van der Waals surface area contributed by atoms with Crippen LogP contribution in [0.4, 0.5) is 5.69 Å². The minimum absolute atomic E-state index is 0.452. The molecule has 76 valence electrons. The maximum atomic E-state index is 5.73. The number of ether oxygens (including phenoxy) is 1. The number of nitrogens with two attached hydrogens (primary N) is 1. The number of rotatable bonds is 2. The summed E-state index contributed by atoms with van der Waals surface area (Å²) in [6, 6.07) is 9.08. The summed E-state index contributed by atoms with van der Waals surface area (Å²) in [6.45, 7) is 1.93. The molecule has 2 aromatic rings. The molecule has 0 radical (unpaired) electrons. The number of anilines is 1. The van der Waals surface area contributed by atoms with Gasteiger partial charge < -0.3 is 10.5 Å². The van der Waals surface area contributed by atoms with Crippen LogP contribution in [-0.2, 0) is 0 Å². The summed E-state index contributed by atoms with van der Waals surface area (Å²) < 4.78 is 5.49. The van der Waals surface area contributed by atoms with E-state index in [1.807, 2.05) is 19.1 Å². The number of nitrogen functional groups attached to an aromatic ring is 1. The predicted molar refractivity (Wildman–Crippen MR) is 57.7 cm³/mol. The predicted octanol–water partition coefficient (Wildman–Crippen LogP) is 2.16. The van der Waals surface area contributed by atoms with Crippen molar-refractivity contribution in [1.82, 2.24) is 10.2 Å². The first-order valence-corrected chi connectivity index (χ1v) is 4.57. The van der Waals surface area contributed by atoms with E-state index >= 15 is 0 Å². The van der Waals surface area contributed by atoms with Crippen LogP contribution in [0.15, 0.2) is 36.5 Å². The van der Waals surface area contributed by atoms with Gasteiger partial charge in [-0.05, 0) is 24.6 Å². The molecule has 1 heterocycles. The highest BCUT2D eigenvalue weighted by molar-refractivity contribution is 5.52. The van der Waals surface area contributed by atoms with Crippen molar-refractivity contribution in [3.05, 3.63) is 42.1 Å². The second-order valence-corrected chi connectivity index (χ2v) is 3.21. The zero-order valence-electron chi connectivity index (χ0n) is 8.34. The Morgan fingerprint density at radius 1 is 1.27 bits per heavy atom. The zero-order valence-corrected chi connectivity index (χ0v) is 8.34. The van der Waals surface area contributed by atoms with Gasteiger partial charge in [0.15, 0.2) is 5.75 Å². The molecule has 0 fully saturated rings. The molecule has 0 saturated heterocycles. The topological polar surface area (TPSA) is 61.0 Å². The number of nitrogens with zero attached hydrogens (tertiary/aromatic N) is 2. The minimum Gasteiger partial charge on any atom is -0.435 e. The lowest BCUT2D eigenvalue weighted by Crippen LogP contribution is -1.94. The number of para-hydroxylation sites is 2. The van der Waals surface area contributed by atoms with E-state index in [0.29, 0.717) is 17.3 Å². The summed E-state index contributed by atoms with van der Waals surface area (Å²) in [7, 11) is 0. The van der Waals surface area contributed by atoms with Crippen LogP contribution in [0, 0.1) is 6.92 Å². The zero-order chi connectivity index (χ0) is 10.7. The van der Waals surface area contributed by atoms with Crippen molar-refractivity contribution in [2.75, 3.05) is 5.73 Å². The fourth-order valence-corrected chi connectivity index (χ4v) is 1.17. The Labute approximate surface area is 87.7 Å². The maximum Gasteiger partial charge on any atom is 0.239 e. The highest BCUT2D eigenvalue weighted by atomic mass is 16.5. The molecule has 0 aliphatic carbocycles. The molecular weight excluding hydrogens is 190 g/mol. The van der Waals surface area contributed by atoms with Crippen molar-refractivity contribution in [2.45, 2.75) is 6.92 Å². The van der Waals surface area contributed by atoms with Gasteiger partial charge in [0.05, 0.1) is 11.9 Å². The molecule has 1 aromatic carbocycles. The summed E-state index contributed by atoms with van der Waals surface area (Å²) in [6.07, 6.45) is 1.67. The third-order valence-corrected chi connectivity index (χ3v) is 1.90. The van der Waals surface area contributed by atoms with Crippen LogP contribution >= 0.6 is 0 Å². The van der Waals surface area contributed by atoms with Gasteiger partial charge in [0, 0.05) is 6.07 Å². The van der Waals surface area contributed by atoms with E-state index in [0.717, 1.165) is 5.56 Å². The van der Waals surface area contributed by atoms with Crippen LogP contribution in [0.2, 0.25) is 0 Å². The Morgan fingerprint density at radius 3 is 2.80 bits per heavy atom. The van der Waals surface area contributed by atoms with E-state index in [9.17, 15) is 0 Å².